The third kappa shape index (κ3) is 5.31. The first-order chi connectivity index (χ1) is 11.4. The van der Waals surface area contributed by atoms with Crippen LogP contribution in [0.5, 0.6) is 0 Å². The SMILES string of the molecule is Cc1ccccc1C(=O)NCCN(C1CCCCCC1)S(C)(=O)=O. The van der Waals surface area contributed by atoms with Crippen molar-refractivity contribution in [2.45, 2.75) is 51.5 Å². The molecule has 0 bridgehead atoms. The molecule has 1 aromatic carbocycles. The van der Waals surface area contributed by atoms with Gasteiger partial charge in [0.15, 0.2) is 0 Å². The topological polar surface area (TPSA) is 66.5 Å². The number of carbonyl (C=O) groups is 1. The minimum atomic E-state index is -3.27. The van der Waals surface area contributed by atoms with E-state index in [0.29, 0.717) is 18.7 Å². The summed E-state index contributed by atoms with van der Waals surface area (Å²) in [4.78, 5) is 12.2. The molecule has 1 N–H and O–H groups in total. The van der Waals surface area contributed by atoms with Crippen LogP contribution in [0, 0.1) is 6.92 Å². The maximum absolute atomic E-state index is 12.2. The molecule has 0 heterocycles. The van der Waals surface area contributed by atoms with E-state index in [1.54, 1.807) is 10.4 Å². The van der Waals surface area contributed by atoms with Crippen LogP contribution in [0.25, 0.3) is 0 Å². The molecule has 0 radical (unpaired) electrons. The summed E-state index contributed by atoms with van der Waals surface area (Å²) < 4.78 is 25.9. The number of amides is 1. The molecule has 2 rings (SSSR count). The summed E-state index contributed by atoms with van der Waals surface area (Å²) in [6, 6.07) is 7.46. The van der Waals surface area contributed by atoms with Crippen LogP contribution in [0.2, 0.25) is 0 Å². The first-order valence-electron chi connectivity index (χ1n) is 8.70. The maximum atomic E-state index is 12.2. The predicted molar refractivity (Wildman–Crippen MR) is 96.6 cm³/mol. The van der Waals surface area contributed by atoms with Gasteiger partial charge in [-0.05, 0) is 31.4 Å². The molecule has 0 unspecified atom stereocenters. The van der Waals surface area contributed by atoms with E-state index in [0.717, 1.165) is 31.2 Å². The molecule has 1 aliphatic carbocycles. The van der Waals surface area contributed by atoms with E-state index in [4.69, 9.17) is 0 Å². The molecule has 24 heavy (non-hydrogen) atoms. The van der Waals surface area contributed by atoms with Gasteiger partial charge in [-0.1, -0.05) is 43.9 Å². The van der Waals surface area contributed by atoms with E-state index in [-0.39, 0.29) is 11.9 Å². The van der Waals surface area contributed by atoms with Gasteiger partial charge in [0.2, 0.25) is 10.0 Å². The van der Waals surface area contributed by atoms with Crippen molar-refractivity contribution in [2.75, 3.05) is 19.3 Å². The van der Waals surface area contributed by atoms with E-state index in [1.165, 1.54) is 19.1 Å². The van der Waals surface area contributed by atoms with E-state index in [9.17, 15) is 13.2 Å². The number of carbonyl (C=O) groups excluding carboxylic acids is 1. The van der Waals surface area contributed by atoms with Crippen LogP contribution >= 0.6 is 0 Å². The fourth-order valence-corrected chi connectivity index (χ4v) is 4.54. The molecule has 1 saturated carbocycles. The summed E-state index contributed by atoms with van der Waals surface area (Å²) in [7, 11) is -3.27. The van der Waals surface area contributed by atoms with Crippen LogP contribution in [0.1, 0.15) is 54.4 Å². The van der Waals surface area contributed by atoms with E-state index < -0.39 is 10.0 Å². The molecule has 0 aliphatic heterocycles. The maximum Gasteiger partial charge on any atom is 0.251 e. The zero-order valence-electron chi connectivity index (χ0n) is 14.6. The third-order valence-electron chi connectivity index (χ3n) is 4.67. The van der Waals surface area contributed by atoms with E-state index >= 15 is 0 Å². The van der Waals surface area contributed by atoms with E-state index in [2.05, 4.69) is 5.32 Å². The van der Waals surface area contributed by atoms with Crippen molar-refractivity contribution >= 4 is 15.9 Å². The number of nitrogens with zero attached hydrogens (tertiary/aromatic N) is 1. The lowest BCUT2D eigenvalue weighted by molar-refractivity contribution is 0.0949. The number of nitrogens with one attached hydrogen (secondary N) is 1. The molecule has 0 aromatic heterocycles. The lowest BCUT2D eigenvalue weighted by atomic mass is 10.1. The molecule has 6 heteroatoms. The predicted octanol–water partition coefficient (Wildman–Crippen LogP) is 2.71. The van der Waals surface area contributed by atoms with Gasteiger partial charge in [0.05, 0.1) is 6.26 Å². The standard InChI is InChI=1S/C18H28N2O3S/c1-15-9-7-8-12-17(15)18(21)19-13-14-20(24(2,22)23)16-10-5-3-4-6-11-16/h7-9,12,16H,3-6,10-11,13-14H2,1-2H3,(H,19,21). The van der Waals surface area contributed by atoms with Gasteiger partial charge in [0, 0.05) is 24.7 Å². The zero-order chi connectivity index (χ0) is 17.6. The molecular formula is C18H28N2O3S. The Kier molecular flexibility index (Phi) is 6.80. The minimum Gasteiger partial charge on any atom is -0.351 e. The van der Waals surface area contributed by atoms with Crippen LogP contribution in [0.3, 0.4) is 0 Å². The number of hydrogen-bond acceptors (Lipinski definition) is 3. The lowest BCUT2D eigenvalue weighted by Crippen LogP contribution is -2.44. The summed E-state index contributed by atoms with van der Waals surface area (Å²) in [5, 5.41) is 2.85. The monoisotopic (exact) mass is 352 g/mol. The summed E-state index contributed by atoms with van der Waals surface area (Å²) in [6.45, 7) is 2.56. The molecule has 5 nitrogen and oxygen atoms in total. The smallest absolute Gasteiger partial charge is 0.251 e. The van der Waals surface area contributed by atoms with Crippen LogP contribution < -0.4 is 5.32 Å². The molecule has 1 aromatic rings. The Morgan fingerprint density at radius 3 is 2.38 bits per heavy atom. The number of hydrogen-bond donors (Lipinski definition) is 1. The Morgan fingerprint density at radius 1 is 1.17 bits per heavy atom. The van der Waals surface area contributed by atoms with Crippen LogP contribution in [0.4, 0.5) is 0 Å². The quantitative estimate of drug-likeness (QED) is 0.801. The second-order valence-corrected chi connectivity index (χ2v) is 8.52. The van der Waals surface area contributed by atoms with Crippen molar-refractivity contribution in [3.05, 3.63) is 35.4 Å². The molecule has 1 amide bonds. The number of aryl methyl sites for hydroxylation is 1. The van der Waals surface area contributed by atoms with E-state index in [1.807, 2.05) is 25.1 Å². The molecule has 1 fully saturated rings. The number of sulfonamides is 1. The van der Waals surface area contributed by atoms with Crippen molar-refractivity contribution in [3.8, 4) is 0 Å². The van der Waals surface area contributed by atoms with Crippen LogP contribution in [0.15, 0.2) is 24.3 Å². The molecular weight excluding hydrogens is 324 g/mol. The molecule has 0 atom stereocenters. The third-order valence-corrected chi connectivity index (χ3v) is 6.00. The highest BCUT2D eigenvalue weighted by Gasteiger charge is 2.27. The number of rotatable bonds is 6. The first kappa shape index (κ1) is 18.9. The van der Waals surface area contributed by atoms with Gasteiger partial charge in [0.1, 0.15) is 0 Å². The van der Waals surface area contributed by atoms with Gasteiger partial charge < -0.3 is 5.32 Å². The van der Waals surface area contributed by atoms with Crippen LogP contribution in [-0.2, 0) is 10.0 Å². The van der Waals surface area contributed by atoms with Crippen molar-refractivity contribution in [1.82, 2.24) is 9.62 Å². The van der Waals surface area contributed by atoms with Gasteiger partial charge in [-0.2, -0.15) is 4.31 Å². The molecule has 0 spiro atoms. The second kappa shape index (κ2) is 8.62. The van der Waals surface area contributed by atoms with Gasteiger partial charge in [-0.3, -0.25) is 4.79 Å². The average Bonchev–Trinajstić information content (AvgIpc) is 2.79. The fourth-order valence-electron chi connectivity index (χ4n) is 3.37. The Labute approximate surface area is 145 Å². The highest BCUT2D eigenvalue weighted by molar-refractivity contribution is 7.88. The fraction of sp³-hybridized carbons (Fsp3) is 0.611. The van der Waals surface area contributed by atoms with Gasteiger partial charge in [0.25, 0.3) is 5.91 Å². The average molecular weight is 353 g/mol. The van der Waals surface area contributed by atoms with Gasteiger partial charge in [-0.25, -0.2) is 8.42 Å². The summed E-state index contributed by atoms with van der Waals surface area (Å²) in [5.74, 6) is -0.151. The summed E-state index contributed by atoms with van der Waals surface area (Å²) in [5.41, 5.74) is 1.55. The van der Waals surface area contributed by atoms with Gasteiger partial charge >= 0.3 is 0 Å². The Morgan fingerprint density at radius 2 is 1.79 bits per heavy atom. The zero-order valence-corrected chi connectivity index (χ0v) is 15.4. The minimum absolute atomic E-state index is 0.0675. The first-order valence-corrected chi connectivity index (χ1v) is 10.5. The molecule has 1 aliphatic rings. The van der Waals surface area contributed by atoms with Crippen molar-refractivity contribution in [2.24, 2.45) is 0 Å². The summed E-state index contributed by atoms with van der Waals surface area (Å²) in [6.07, 6.45) is 7.60. The Bertz CT molecular complexity index is 650. The van der Waals surface area contributed by atoms with Crippen LogP contribution in [-0.4, -0.2) is 44.0 Å². The Hall–Kier alpha value is -1.40. The normalized spacial score (nSPS) is 16.8. The second-order valence-electron chi connectivity index (χ2n) is 6.59. The highest BCUT2D eigenvalue weighted by Crippen LogP contribution is 2.23. The van der Waals surface area contributed by atoms with Crippen molar-refractivity contribution < 1.29 is 13.2 Å². The molecule has 0 saturated heterocycles. The highest BCUT2D eigenvalue weighted by atomic mass is 32.2. The Balaban J connectivity index is 1.96. The molecule has 134 valence electrons. The van der Waals surface area contributed by atoms with Crippen molar-refractivity contribution in [3.63, 3.8) is 0 Å². The largest absolute Gasteiger partial charge is 0.351 e. The van der Waals surface area contributed by atoms with Gasteiger partial charge in [-0.15, -0.1) is 0 Å². The number of benzene rings is 1. The lowest BCUT2D eigenvalue weighted by Gasteiger charge is -2.29. The summed E-state index contributed by atoms with van der Waals surface area (Å²) >= 11 is 0. The van der Waals surface area contributed by atoms with Crippen molar-refractivity contribution in [1.29, 1.82) is 0 Å².